The number of aliphatic hydroxyl groups is 3. The third-order valence-corrected chi connectivity index (χ3v) is 11.2. The van der Waals surface area contributed by atoms with Gasteiger partial charge in [-0.05, 0) is 37.7 Å². The molecule has 3 saturated carbocycles. The normalized spacial score (nSPS) is 50.2. The Bertz CT molecular complexity index is 1190. The molecule has 1 aromatic heterocycles. The molecule has 202 valence electrons. The van der Waals surface area contributed by atoms with Crippen LogP contribution >= 0.6 is 0 Å². The summed E-state index contributed by atoms with van der Waals surface area (Å²) in [5.41, 5.74) is -8.82. The first kappa shape index (κ1) is 25.0. The average molecular weight is 519 g/mol. The van der Waals surface area contributed by atoms with E-state index in [1.165, 1.54) is 12.5 Å². The third-order valence-electron chi connectivity index (χ3n) is 11.2. The number of hydrogen-bond acceptors (Lipinski definition) is 10. The van der Waals surface area contributed by atoms with E-state index in [1.807, 2.05) is 6.92 Å². The number of furan rings is 1. The summed E-state index contributed by atoms with van der Waals surface area (Å²) in [5.74, 6) is -3.64. The zero-order chi connectivity index (χ0) is 27.0. The maximum atomic E-state index is 14.1. The molecule has 1 aromatic rings. The summed E-state index contributed by atoms with van der Waals surface area (Å²) >= 11 is 0. The number of methoxy groups -OCH3 is 1. The largest absolute Gasteiger partial charge is 0.472 e. The molecule has 3 aliphatic carbocycles. The Morgan fingerprint density at radius 3 is 2.46 bits per heavy atom. The van der Waals surface area contributed by atoms with Gasteiger partial charge in [-0.2, -0.15) is 0 Å². The number of fused-ring (bicyclic) bond motifs is 3. The summed E-state index contributed by atoms with van der Waals surface area (Å²) in [6, 6.07) is 1.67. The Hall–Kier alpha value is -2.27. The van der Waals surface area contributed by atoms with Crippen molar-refractivity contribution in [3.8, 4) is 0 Å². The van der Waals surface area contributed by atoms with E-state index < -0.39 is 81.6 Å². The summed E-state index contributed by atoms with van der Waals surface area (Å²) in [6.45, 7) is 6.99. The number of aliphatic hydroxyl groups excluding tert-OH is 1. The second-order valence-corrected chi connectivity index (χ2v) is 12.8. The number of carbonyl (C=O) groups is 3. The van der Waals surface area contributed by atoms with Crippen molar-refractivity contribution in [1.82, 2.24) is 0 Å². The molecule has 3 heterocycles. The summed E-state index contributed by atoms with van der Waals surface area (Å²) < 4.78 is 22.6. The minimum Gasteiger partial charge on any atom is -0.472 e. The van der Waals surface area contributed by atoms with Crippen LogP contribution in [0.25, 0.3) is 0 Å². The molecule has 0 aromatic carbocycles. The number of rotatable bonds is 3. The molecule has 10 atom stereocenters. The van der Waals surface area contributed by atoms with Gasteiger partial charge in [0.15, 0.2) is 6.10 Å². The van der Waals surface area contributed by atoms with Crippen molar-refractivity contribution in [3.05, 3.63) is 24.2 Å². The number of cyclic esters (lactones) is 1. The van der Waals surface area contributed by atoms with E-state index in [1.54, 1.807) is 26.8 Å². The highest BCUT2D eigenvalue weighted by molar-refractivity contribution is 5.94. The minimum atomic E-state index is -2.00. The molecule has 2 saturated heterocycles. The zero-order valence-corrected chi connectivity index (χ0v) is 21.6. The van der Waals surface area contributed by atoms with Gasteiger partial charge in [-0.1, -0.05) is 20.8 Å². The molecule has 0 amide bonds. The number of carbonyl (C=O) groups excluding carboxylic acids is 3. The molecule has 0 unspecified atom stereocenters. The van der Waals surface area contributed by atoms with Crippen LogP contribution in [0.4, 0.5) is 0 Å². The van der Waals surface area contributed by atoms with E-state index in [2.05, 4.69) is 0 Å². The van der Waals surface area contributed by atoms with Crippen LogP contribution in [0.1, 0.15) is 65.0 Å². The van der Waals surface area contributed by atoms with E-state index >= 15 is 0 Å². The number of esters is 2. The fourth-order valence-electron chi connectivity index (χ4n) is 9.49. The van der Waals surface area contributed by atoms with Crippen LogP contribution in [0.5, 0.6) is 0 Å². The summed E-state index contributed by atoms with van der Waals surface area (Å²) in [4.78, 5) is 39.8. The Morgan fingerprint density at radius 1 is 1.14 bits per heavy atom. The van der Waals surface area contributed by atoms with Crippen molar-refractivity contribution in [1.29, 1.82) is 0 Å². The second-order valence-electron chi connectivity index (χ2n) is 12.8. The van der Waals surface area contributed by atoms with E-state index in [9.17, 15) is 29.7 Å². The molecule has 37 heavy (non-hydrogen) atoms. The van der Waals surface area contributed by atoms with Crippen LogP contribution in [0, 0.1) is 28.1 Å². The second kappa shape index (κ2) is 7.02. The van der Waals surface area contributed by atoms with E-state index in [0.29, 0.717) is 5.56 Å². The minimum absolute atomic E-state index is 0.0138. The van der Waals surface area contributed by atoms with Crippen LogP contribution in [0.3, 0.4) is 0 Å². The van der Waals surface area contributed by atoms with Gasteiger partial charge < -0.3 is 33.9 Å². The van der Waals surface area contributed by atoms with Gasteiger partial charge in [0, 0.05) is 22.8 Å². The van der Waals surface area contributed by atoms with Crippen LogP contribution in [0.15, 0.2) is 23.0 Å². The molecule has 3 bridgehead atoms. The van der Waals surface area contributed by atoms with E-state index in [0.717, 1.165) is 7.11 Å². The van der Waals surface area contributed by atoms with Gasteiger partial charge in [0.2, 0.25) is 0 Å². The molecular formula is C27H34O10. The lowest BCUT2D eigenvalue weighted by Gasteiger charge is -2.71. The van der Waals surface area contributed by atoms with Crippen molar-refractivity contribution in [2.24, 2.45) is 28.1 Å². The third kappa shape index (κ3) is 2.41. The average Bonchev–Trinajstić information content (AvgIpc) is 3.50. The molecule has 5 aliphatic rings. The Balaban J connectivity index is 1.60. The van der Waals surface area contributed by atoms with Gasteiger partial charge in [-0.25, -0.2) is 4.79 Å². The maximum absolute atomic E-state index is 14.1. The summed E-state index contributed by atoms with van der Waals surface area (Å²) in [7, 11) is 1.15. The number of ketones is 1. The lowest BCUT2D eigenvalue weighted by Crippen LogP contribution is -2.85. The SMILES string of the molecule is COC(=O)[C@@H](O)[C@H]1C(C)(C)[C@@H]2O[C@@]34C[C@@H]2C(=O)[C@]1(C)[C@@]3(O)CC[C@]1(C)[C@@H](c2ccoc2)OC(=O)C[C@@]41O. The molecule has 10 nitrogen and oxygen atoms in total. The standard InChI is InChI=1S/C27H34O10/c1-22(2)17(16(29)21(31)34-5)24(4)18(30)14-10-27(37-20(14)22)25(24,32)8-7-23(3)19(13-6-9-35-12-13)36-15(28)11-26(23,27)33/h6,9,12,14,16-17,19-20,29,32-33H,7-8,10-11H2,1-5H3/t14-,16+,17+,19-,20-,23-,24-,25+,26+,27+/m1/s1. The lowest BCUT2D eigenvalue weighted by atomic mass is 9.35. The smallest absolute Gasteiger partial charge is 0.335 e. The molecule has 5 fully saturated rings. The van der Waals surface area contributed by atoms with Crippen molar-refractivity contribution in [2.75, 3.05) is 7.11 Å². The monoisotopic (exact) mass is 518 g/mol. The summed E-state index contributed by atoms with van der Waals surface area (Å²) in [5, 5.41) is 36.8. The van der Waals surface area contributed by atoms with E-state index in [4.69, 9.17) is 18.6 Å². The predicted molar refractivity (Wildman–Crippen MR) is 124 cm³/mol. The Kier molecular flexibility index (Phi) is 4.75. The molecule has 2 aliphatic heterocycles. The van der Waals surface area contributed by atoms with Crippen molar-refractivity contribution in [2.45, 2.75) is 88.5 Å². The Morgan fingerprint density at radius 2 is 1.84 bits per heavy atom. The highest BCUT2D eigenvalue weighted by atomic mass is 16.6. The maximum Gasteiger partial charge on any atom is 0.335 e. The van der Waals surface area contributed by atoms with Gasteiger partial charge in [-0.15, -0.1) is 0 Å². The predicted octanol–water partition coefficient (Wildman–Crippen LogP) is 1.45. The van der Waals surface area contributed by atoms with Gasteiger partial charge in [0.05, 0.1) is 37.6 Å². The highest BCUT2D eigenvalue weighted by Gasteiger charge is 2.90. The molecule has 10 heteroatoms. The topological polar surface area (TPSA) is 153 Å². The molecule has 0 radical (unpaired) electrons. The van der Waals surface area contributed by atoms with Gasteiger partial charge in [0.25, 0.3) is 0 Å². The molecule has 6 rings (SSSR count). The Labute approximate surface area is 214 Å². The van der Waals surface area contributed by atoms with Gasteiger partial charge in [-0.3, -0.25) is 9.59 Å². The fourth-order valence-corrected chi connectivity index (χ4v) is 9.49. The number of Topliss-reactive ketones (excluding diaryl/α,β-unsaturated/α-hetero) is 1. The van der Waals surface area contributed by atoms with Crippen molar-refractivity contribution >= 4 is 17.7 Å². The van der Waals surface area contributed by atoms with Crippen LogP contribution < -0.4 is 0 Å². The first-order chi connectivity index (χ1) is 17.2. The fraction of sp³-hybridized carbons (Fsp3) is 0.741. The zero-order valence-electron chi connectivity index (χ0n) is 21.6. The van der Waals surface area contributed by atoms with Gasteiger partial charge in [0.1, 0.15) is 28.7 Å². The van der Waals surface area contributed by atoms with Gasteiger partial charge >= 0.3 is 11.9 Å². The van der Waals surface area contributed by atoms with E-state index in [-0.39, 0.29) is 25.0 Å². The first-order valence-corrected chi connectivity index (χ1v) is 12.8. The number of hydrogen-bond donors (Lipinski definition) is 3. The molecule has 3 N–H and O–H groups in total. The molecule has 1 spiro atoms. The quantitative estimate of drug-likeness (QED) is 0.501. The van der Waals surface area contributed by atoms with Crippen molar-refractivity contribution in [3.63, 3.8) is 0 Å². The van der Waals surface area contributed by atoms with Crippen LogP contribution in [-0.2, 0) is 28.6 Å². The number of ether oxygens (including phenoxy) is 3. The van der Waals surface area contributed by atoms with Crippen LogP contribution in [-0.4, -0.2) is 69.2 Å². The lowest BCUT2D eigenvalue weighted by molar-refractivity contribution is -0.359. The summed E-state index contributed by atoms with van der Waals surface area (Å²) in [6.07, 6.45) is -0.701. The molecular weight excluding hydrogens is 484 g/mol. The van der Waals surface area contributed by atoms with Crippen molar-refractivity contribution < 1.29 is 48.3 Å². The van der Waals surface area contributed by atoms with Crippen LogP contribution in [0.2, 0.25) is 0 Å². The highest BCUT2D eigenvalue weighted by Crippen LogP contribution is 2.78. The first-order valence-electron chi connectivity index (χ1n) is 12.8.